The molecule has 0 spiro atoms. The summed E-state index contributed by atoms with van der Waals surface area (Å²) >= 11 is 0. The van der Waals surface area contributed by atoms with E-state index in [0.717, 1.165) is 13.1 Å². The number of nitrogens with zero attached hydrogens (tertiary/aromatic N) is 2. The van der Waals surface area contributed by atoms with Crippen LogP contribution in [0.5, 0.6) is 0 Å². The molecule has 1 aromatic rings. The van der Waals surface area contributed by atoms with Crippen molar-refractivity contribution in [3.05, 3.63) is 35.9 Å². The number of esters is 1. The van der Waals surface area contributed by atoms with Gasteiger partial charge in [0.15, 0.2) is 5.78 Å². The Kier molecular flexibility index (Phi) is 3.38. The first-order valence-corrected chi connectivity index (χ1v) is 8.62. The van der Waals surface area contributed by atoms with E-state index in [4.69, 9.17) is 4.74 Å². The molecule has 3 fully saturated rings. The van der Waals surface area contributed by atoms with Gasteiger partial charge in [0.25, 0.3) is 0 Å². The number of Topliss-reactive ketones (excluding diaryl/α,β-unsaturated/α-hetero) is 1. The first-order valence-electron chi connectivity index (χ1n) is 8.62. The number of likely N-dealkylation sites (tertiary alicyclic amines) is 1. The maximum absolute atomic E-state index is 12.7. The Morgan fingerprint density at radius 3 is 2.62 bits per heavy atom. The van der Waals surface area contributed by atoms with Gasteiger partial charge in [-0.25, -0.2) is 4.79 Å². The zero-order valence-corrected chi connectivity index (χ0v) is 14.5. The van der Waals surface area contributed by atoms with Gasteiger partial charge in [-0.15, -0.1) is 0 Å². The van der Waals surface area contributed by atoms with Crippen molar-refractivity contribution >= 4 is 11.8 Å². The van der Waals surface area contributed by atoms with E-state index in [-0.39, 0.29) is 23.8 Å². The van der Waals surface area contributed by atoms with Crippen molar-refractivity contribution in [2.75, 3.05) is 13.1 Å². The second-order valence-electron chi connectivity index (χ2n) is 8.19. The quantitative estimate of drug-likeness (QED) is 0.623. The lowest BCUT2D eigenvalue weighted by atomic mass is 9.94. The molecular formula is C19H24N2O3. The molecule has 4 unspecified atom stereocenters. The molecule has 24 heavy (non-hydrogen) atoms. The van der Waals surface area contributed by atoms with E-state index in [2.05, 4.69) is 21.9 Å². The van der Waals surface area contributed by atoms with Crippen LogP contribution in [-0.2, 0) is 20.9 Å². The number of hydrogen-bond acceptors (Lipinski definition) is 5. The summed E-state index contributed by atoms with van der Waals surface area (Å²) in [4.78, 5) is 29.6. The van der Waals surface area contributed by atoms with Crippen molar-refractivity contribution < 1.29 is 14.3 Å². The Bertz CT molecular complexity index is 682. The van der Waals surface area contributed by atoms with Gasteiger partial charge in [0.2, 0.25) is 0 Å². The van der Waals surface area contributed by atoms with Gasteiger partial charge in [0.05, 0.1) is 12.1 Å². The predicted molar refractivity (Wildman–Crippen MR) is 89.3 cm³/mol. The van der Waals surface area contributed by atoms with Crippen molar-refractivity contribution in [2.24, 2.45) is 0 Å². The summed E-state index contributed by atoms with van der Waals surface area (Å²) in [6, 6.07) is 10.2. The largest absolute Gasteiger partial charge is 0.459 e. The Morgan fingerprint density at radius 1 is 1.25 bits per heavy atom. The third-order valence-corrected chi connectivity index (χ3v) is 5.29. The first-order chi connectivity index (χ1) is 11.3. The fourth-order valence-electron chi connectivity index (χ4n) is 4.30. The SMILES string of the molecule is CC(C)(C)OC(=O)C12CC(=O)C3CN(Cc4ccccc4)CC1N32. The van der Waals surface area contributed by atoms with Crippen molar-refractivity contribution in [3.63, 3.8) is 0 Å². The van der Waals surface area contributed by atoms with Gasteiger partial charge in [0, 0.05) is 26.1 Å². The Hall–Kier alpha value is -1.72. The van der Waals surface area contributed by atoms with E-state index in [9.17, 15) is 9.59 Å². The van der Waals surface area contributed by atoms with E-state index in [1.807, 2.05) is 39.0 Å². The van der Waals surface area contributed by atoms with Crippen LogP contribution in [0.25, 0.3) is 0 Å². The summed E-state index contributed by atoms with van der Waals surface area (Å²) in [6.07, 6.45) is 0.316. The fraction of sp³-hybridized carbons (Fsp3) is 0.579. The molecule has 3 aliphatic rings. The Balaban J connectivity index is 1.52. The molecule has 0 saturated carbocycles. The number of carbonyl (C=O) groups excluding carboxylic acids is 2. The number of ether oxygens (including phenoxy) is 1. The molecule has 0 aliphatic carbocycles. The molecule has 3 saturated heterocycles. The number of benzene rings is 1. The van der Waals surface area contributed by atoms with Crippen molar-refractivity contribution in [3.8, 4) is 0 Å². The summed E-state index contributed by atoms with van der Waals surface area (Å²) in [5.74, 6) is -0.0488. The third kappa shape index (κ3) is 2.38. The van der Waals surface area contributed by atoms with E-state index >= 15 is 0 Å². The minimum Gasteiger partial charge on any atom is -0.459 e. The van der Waals surface area contributed by atoms with Crippen LogP contribution in [0, 0.1) is 0 Å². The molecule has 1 aromatic carbocycles. The number of rotatable bonds is 3. The predicted octanol–water partition coefficient (Wildman–Crippen LogP) is 1.61. The highest BCUT2D eigenvalue weighted by Crippen LogP contribution is 2.55. The van der Waals surface area contributed by atoms with E-state index in [1.165, 1.54) is 5.56 Å². The minimum atomic E-state index is -0.694. The molecule has 0 aromatic heterocycles. The van der Waals surface area contributed by atoms with Gasteiger partial charge in [-0.05, 0) is 26.3 Å². The highest BCUT2D eigenvalue weighted by atomic mass is 16.6. The van der Waals surface area contributed by atoms with Crippen LogP contribution < -0.4 is 0 Å². The number of piperidine rings is 1. The van der Waals surface area contributed by atoms with Crippen molar-refractivity contribution in [1.29, 1.82) is 0 Å². The molecule has 0 N–H and O–H groups in total. The third-order valence-electron chi connectivity index (χ3n) is 5.29. The molecule has 4 atom stereocenters. The maximum atomic E-state index is 12.7. The highest BCUT2D eigenvalue weighted by Gasteiger charge is 2.78. The summed E-state index contributed by atoms with van der Waals surface area (Å²) in [5, 5.41) is 0. The number of hydrogen-bond donors (Lipinski definition) is 0. The average molecular weight is 328 g/mol. The van der Waals surface area contributed by atoms with Crippen LogP contribution in [0.15, 0.2) is 30.3 Å². The van der Waals surface area contributed by atoms with Crippen LogP contribution in [0.1, 0.15) is 32.8 Å². The number of piperazine rings is 1. The van der Waals surface area contributed by atoms with Crippen LogP contribution in [0.3, 0.4) is 0 Å². The lowest BCUT2D eigenvalue weighted by Gasteiger charge is -2.31. The van der Waals surface area contributed by atoms with Crippen molar-refractivity contribution in [2.45, 2.75) is 57.0 Å². The normalized spacial score (nSPS) is 34.8. The molecule has 128 valence electrons. The average Bonchev–Trinajstić information content (AvgIpc) is 3.02. The lowest BCUT2D eigenvalue weighted by Crippen LogP contribution is -2.48. The van der Waals surface area contributed by atoms with Gasteiger partial charge in [-0.1, -0.05) is 30.3 Å². The van der Waals surface area contributed by atoms with Gasteiger partial charge in [0.1, 0.15) is 11.1 Å². The molecule has 0 bridgehead atoms. The fourth-order valence-corrected chi connectivity index (χ4v) is 4.30. The lowest BCUT2D eigenvalue weighted by molar-refractivity contribution is -0.159. The Labute approximate surface area is 142 Å². The molecule has 3 heterocycles. The zero-order valence-electron chi connectivity index (χ0n) is 14.5. The molecule has 3 aliphatic heterocycles. The van der Waals surface area contributed by atoms with Crippen molar-refractivity contribution in [1.82, 2.24) is 9.80 Å². The van der Waals surface area contributed by atoms with Gasteiger partial charge < -0.3 is 4.74 Å². The zero-order chi connectivity index (χ0) is 17.1. The summed E-state index contributed by atoms with van der Waals surface area (Å²) in [5.41, 5.74) is 0.0190. The molecule has 4 rings (SSSR count). The standard InChI is InChI=1S/C19H24N2O3/c1-18(2,3)24-17(23)19-9-15(22)14-11-20(12-16(19)21(14)19)10-13-7-5-4-6-8-13/h4-8,14,16H,9-12H2,1-3H3. The molecule has 5 heteroatoms. The van der Waals surface area contributed by atoms with Crippen LogP contribution in [0.2, 0.25) is 0 Å². The number of ketones is 1. The van der Waals surface area contributed by atoms with E-state index < -0.39 is 11.1 Å². The molecule has 5 nitrogen and oxygen atoms in total. The monoisotopic (exact) mass is 328 g/mol. The van der Waals surface area contributed by atoms with Gasteiger partial charge in [-0.3, -0.25) is 14.6 Å². The molecule has 0 radical (unpaired) electrons. The van der Waals surface area contributed by atoms with Gasteiger partial charge in [-0.2, -0.15) is 0 Å². The van der Waals surface area contributed by atoms with E-state index in [0.29, 0.717) is 13.0 Å². The number of carbonyl (C=O) groups is 2. The second kappa shape index (κ2) is 5.14. The van der Waals surface area contributed by atoms with Crippen LogP contribution >= 0.6 is 0 Å². The maximum Gasteiger partial charge on any atom is 0.329 e. The molecular weight excluding hydrogens is 304 g/mol. The minimum absolute atomic E-state index is 0.118. The van der Waals surface area contributed by atoms with Crippen LogP contribution in [-0.4, -0.2) is 57.9 Å². The first kappa shape index (κ1) is 15.8. The summed E-state index contributed by atoms with van der Waals surface area (Å²) < 4.78 is 5.63. The number of fused-ring (bicyclic) bond motifs is 1. The van der Waals surface area contributed by atoms with E-state index in [1.54, 1.807) is 0 Å². The summed E-state index contributed by atoms with van der Waals surface area (Å²) in [7, 11) is 0. The molecule has 0 amide bonds. The second-order valence-corrected chi connectivity index (χ2v) is 8.19. The summed E-state index contributed by atoms with van der Waals surface area (Å²) in [6.45, 7) is 7.96. The van der Waals surface area contributed by atoms with Crippen LogP contribution in [0.4, 0.5) is 0 Å². The highest BCUT2D eigenvalue weighted by molar-refractivity contribution is 6.01. The smallest absolute Gasteiger partial charge is 0.329 e. The van der Waals surface area contributed by atoms with Gasteiger partial charge >= 0.3 is 5.97 Å². The topological polar surface area (TPSA) is 49.6 Å². The Morgan fingerprint density at radius 2 is 1.96 bits per heavy atom.